The molecular formula is C17H17NO2. The van der Waals surface area contributed by atoms with Crippen molar-refractivity contribution in [1.29, 1.82) is 0 Å². The Kier molecular flexibility index (Phi) is 2.76. The van der Waals surface area contributed by atoms with Crippen LogP contribution in [0.1, 0.15) is 17.5 Å². The summed E-state index contributed by atoms with van der Waals surface area (Å²) in [5.74, 6) is 1.97. The van der Waals surface area contributed by atoms with Crippen LogP contribution in [0.3, 0.4) is 0 Å². The lowest BCUT2D eigenvalue weighted by molar-refractivity contribution is 0.270. The van der Waals surface area contributed by atoms with Crippen molar-refractivity contribution in [3.8, 4) is 11.5 Å². The van der Waals surface area contributed by atoms with Gasteiger partial charge in [0.15, 0.2) is 6.73 Å². The average molecular weight is 267 g/mol. The lowest BCUT2D eigenvalue weighted by atomic mass is 10.0. The van der Waals surface area contributed by atoms with E-state index in [0.29, 0.717) is 6.73 Å². The fourth-order valence-electron chi connectivity index (χ4n) is 2.89. The highest BCUT2D eigenvalue weighted by Gasteiger charge is 2.21. The third-order valence-corrected chi connectivity index (χ3v) is 3.95. The van der Waals surface area contributed by atoms with Crippen molar-refractivity contribution in [2.75, 3.05) is 18.2 Å². The van der Waals surface area contributed by atoms with Gasteiger partial charge in [0.05, 0.1) is 6.61 Å². The topological polar surface area (TPSA) is 21.7 Å². The Morgan fingerprint density at radius 1 is 0.900 bits per heavy atom. The van der Waals surface area contributed by atoms with Crippen LogP contribution in [0.5, 0.6) is 11.5 Å². The van der Waals surface area contributed by atoms with E-state index in [1.807, 2.05) is 6.07 Å². The van der Waals surface area contributed by atoms with E-state index in [-0.39, 0.29) is 0 Å². The van der Waals surface area contributed by atoms with Crippen molar-refractivity contribution in [3.63, 3.8) is 0 Å². The average Bonchev–Trinajstić information content (AvgIpc) is 2.53. The zero-order valence-corrected chi connectivity index (χ0v) is 11.3. The third-order valence-electron chi connectivity index (χ3n) is 3.95. The largest absolute Gasteiger partial charge is 0.493 e. The second-order valence-corrected chi connectivity index (χ2v) is 5.33. The summed E-state index contributed by atoms with van der Waals surface area (Å²) in [5, 5.41) is 0. The number of para-hydroxylation sites is 1. The number of nitrogens with zero attached hydrogens (tertiary/aromatic N) is 1. The molecule has 20 heavy (non-hydrogen) atoms. The van der Waals surface area contributed by atoms with Gasteiger partial charge in [-0.3, -0.25) is 0 Å². The first kappa shape index (κ1) is 11.6. The minimum atomic E-state index is 0.593. The fourth-order valence-corrected chi connectivity index (χ4v) is 2.89. The van der Waals surface area contributed by atoms with Crippen molar-refractivity contribution >= 4 is 5.69 Å². The Balaban J connectivity index is 1.66. The van der Waals surface area contributed by atoms with Crippen LogP contribution in [0.25, 0.3) is 0 Å². The lowest BCUT2D eigenvalue weighted by Crippen LogP contribution is -2.32. The Bertz CT molecular complexity index is 624. The normalized spacial score (nSPS) is 16.7. The van der Waals surface area contributed by atoms with Gasteiger partial charge in [-0.2, -0.15) is 0 Å². The summed E-state index contributed by atoms with van der Waals surface area (Å²) >= 11 is 0. The predicted octanol–water partition coefficient (Wildman–Crippen LogP) is 3.37. The number of fused-ring (bicyclic) bond motifs is 2. The second kappa shape index (κ2) is 4.75. The maximum atomic E-state index is 5.90. The quantitative estimate of drug-likeness (QED) is 0.790. The summed E-state index contributed by atoms with van der Waals surface area (Å²) in [6.07, 6.45) is 2.21. The van der Waals surface area contributed by atoms with Gasteiger partial charge in [-0.1, -0.05) is 18.2 Å². The first-order valence-corrected chi connectivity index (χ1v) is 7.11. The van der Waals surface area contributed by atoms with Gasteiger partial charge in [0.25, 0.3) is 0 Å². The molecule has 0 saturated carbocycles. The summed E-state index contributed by atoms with van der Waals surface area (Å²) in [6, 6.07) is 14.7. The van der Waals surface area contributed by atoms with Crippen LogP contribution < -0.4 is 14.4 Å². The van der Waals surface area contributed by atoms with E-state index in [9.17, 15) is 0 Å². The SMILES string of the molecule is c1ccc(N2COc3cc4c(cc3C2)CCCO4)cc1. The third kappa shape index (κ3) is 1.99. The van der Waals surface area contributed by atoms with Crippen LogP contribution in [0.4, 0.5) is 5.69 Å². The molecule has 0 radical (unpaired) electrons. The summed E-state index contributed by atoms with van der Waals surface area (Å²) < 4.78 is 11.6. The molecule has 3 nitrogen and oxygen atoms in total. The molecule has 3 heteroatoms. The number of hydrogen-bond acceptors (Lipinski definition) is 3. The highest BCUT2D eigenvalue weighted by Crippen LogP contribution is 2.36. The van der Waals surface area contributed by atoms with Crippen molar-refractivity contribution in [2.45, 2.75) is 19.4 Å². The van der Waals surface area contributed by atoms with Crippen LogP contribution in [-0.4, -0.2) is 13.3 Å². The minimum absolute atomic E-state index is 0.593. The van der Waals surface area contributed by atoms with Crippen molar-refractivity contribution in [3.05, 3.63) is 53.6 Å². The van der Waals surface area contributed by atoms with Crippen LogP contribution in [0.15, 0.2) is 42.5 Å². The molecule has 0 aromatic heterocycles. The smallest absolute Gasteiger partial charge is 0.161 e. The summed E-state index contributed by atoms with van der Waals surface area (Å²) in [5.41, 5.74) is 3.77. The zero-order valence-electron chi connectivity index (χ0n) is 11.3. The van der Waals surface area contributed by atoms with Gasteiger partial charge in [0, 0.05) is 23.9 Å². The molecular weight excluding hydrogens is 250 g/mol. The Morgan fingerprint density at radius 3 is 2.65 bits per heavy atom. The Labute approximate surface area is 118 Å². The predicted molar refractivity (Wildman–Crippen MR) is 78.4 cm³/mol. The monoisotopic (exact) mass is 267 g/mol. The minimum Gasteiger partial charge on any atom is -0.493 e. The standard InChI is InChI=1S/C17H17NO2/c1-2-6-15(7-3-1)18-11-14-9-13-5-4-8-19-16(13)10-17(14)20-12-18/h1-3,6-7,9-10H,4-5,8,11-12H2. The van der Waals surface area contributed by atoms with E-state index >= 15 is 0 Å². The first-order valence-electron chi connectivity index (χ1n) is 7.11. The molecule has 2 aliphatic rings. The first-order chi connectivity index (χ1) is 9.90. The van der Waals surface area contributed by atoms with E-state index in [2.05, 4.69) is 41.3 Å². The Hall–Kier alpha value is -2.16. The number of rotatable bonds is 1. The summed E-state index contributed by atoms with van der Waals surface area (Å²) in [4.78, 5) is 2.25. The summed E-state index contributed by atoms with van der Waals surface area (Å²) in [6.45, 7) is 2.31. The highest BCUT2D eigenvalue weighted by atomic mass is 16.5. The number of aryl methyl sites for hydroxylation is 1. The number of anilines is 1. The molecule has 0 aliphatic carbocycles. The molecule has 0 saturated heterocycles. The molecule has 0 atom stereocenters. The van der Waals surface area contributed by atoms with E-state index in [1.54, 1.807) is 0 Å². The maximum Gasteiger partial charge on any atom is 0.161 e. The van der Waals surface area contributed by atoms with Gasteiger partial charge in [-0.15, -0.1) is 0 Å². The van der Waals surface area contributed by atoms with Gasteiger partial charge in [0.2, 0.25) is 0 Å². The fraction of sp³-hybridized carbons (Fsp3) is 0.294. The van der Waals surface area contributed by atoms with Crippen LogP contribution in [0.2, 0.25) is 0 Å². The number of ether oxygens (including phenoxy) is 2. The van der Waals surface area contributed by atoms with E-state index in [1.165, 1.54) is 16.8 Å². The van der Waals surface area contributed by atoms with E-state index in [0.717, 1.165) is 37.5 Å². The number of hydrogen-bond donors (Lipinski definition) is 0. The molecule has 0 N–H and O–H groups in total. The highest BCUT2D eigenvalue weighted by molar-refractivity contribution is 5.53. The van der Waals surface area contributed by atoms with Crippen molar-refractivity contribution < 1.29 is 9.47 Å². The molecule has 2 heterocycles. The van der Waals surface area contributed by atoms with Crippen LogP contribution >= 0.6 is 0 Å². The molecule has 2 aromatic carbocycles. The molecule has 0 bridgehead atoms. The Morgan fingerprint density at radius 2 is 1.75 bits per heavy atom. The van der Waals surface area contributed by atoms with Crippen LogP contribution in [0, 0.1) is 0 Å². The van der Waals surface area contributed by atoms with Gasteiger partial charge in [-0.05, 0) is 36.6 Å². The molecule has 102 valence electrons. The molecule has 4 rings (SSSR count). The summed E-state index contributed by atoms with van der Waals surface area (Å²) in [7, 11) is 0. The lowest BCUT2D eigenvalue weighted by Gasteiger charge is -2.32. The molecule has 0 amide bonds. The van der Waals surface area contributed by atoms with Gasteiger partial charge >= 0.3 is 0 Å². The molecule has 2 aliphatic heterocycles. The maximum absolute atomic E-state index is 5.90. The molecule has 0 unspecified atom stereocenters. The van der Waals surface area contributed by atoms with Crippen molar-refractivity contribution in [2.24, 2.45) is 0 Å². The van der Waals surface area contributed by atoms with Gasteiger partial charge < -0.3 is 14.4 Å². The molecule has 0 spiro atoms. The van der Waals surface area contributed by atoms with E-state index < -0.39 is 0 Å². The molecule has 0 fully saturated rings. The zero-order chi connectivity index (χ0) is 13.4. The van der Waals surface area contributed by atoms with Crippen LogP contribution in [-0.2, 0) is 13.0 Å². The second-order valence-electron chi connectivity index (χ2n) is 5.33. The molecule has 2 aromatic rings. The van der Waals surface area contributed by atoms with Crippen molar-refractivity contribution in [1.82, 2.24) is 0 Å². The number of benzene rings is 2. The van der Waals surface area contributed by atoms with Gasteiger partial charge in [-0.25, -0.2) is 0 Å². The van der Waals surface area contributed by atoms with Gasteiger partial charge in [0.1, 0.15) is 11.5 Å². The van der Waals surface area contributed by atoms with E-state index in [4.69, 9.17) is 9.47 Å².